The van der Waals surface area contributed by atoms with E-state index in [9.17, 15) is 4.79 Å². The van der Waals surface area contributed by atoms with Gasteiger partial charge in [0.05, 0.1) is 22.5 Å². The van der Waals surface area contributed by atoms with Crippen molar-refractivity contribution in [1.29, 1.82) is 0 Å². The number of carbonyl (C=O) groups is 1. The van der Waals surface area contributed by atoms with Gasteiger partial charge in [0, 0.05) is 56.5 Å². The average Bonchev–Trinajstić information content (AvgIpc) is 3.76. The predicted molar refractivity (Wildman–Crippen MR) is 251 cm³/mol. The lowest BCUT2D eigenvalue weighted by Gasteiger charge is -2.38. The number of fused-ring (bicyclic) bond motifs is 4. The molecule has 0 radical (unpaired) electrons. The number of aryl methyl sites for hydroxylation is 2. The zero-order valence-corrected chi connectivity index (χ0v) is 38.1. The number of rotatable bonds is 9. The first-order valence-electron chi connectivity index (χ1n) is 21.9. The van der Waals surface area contributed by atoms with Crippen LogP contribution in [0.3, 0.4) is 0 Å². The van der Waals surface area contributed by atoms with Gasteiger partial charge in [0.2, 0.25) is 23.5 Å². The van der Waals surface area contributed by atoms with Crippen molar-refractivity contribution >= 4 is 30.9 Å². The van der Waals surface area contributed by atoms with E-state index in [1.54, 1.807) is 19.3 Å². The summed E-state index contributed by atoms with van der Waals surface area (Å²) in [4.78, 5) is 40.6. The largest absolute Gasteiger partial charge is 0.474 e. The molecule has 336 valence electrons. The SMILES string of the molecule is C.CP=S.Cc1ncccc1Oc1ncnc(OC2CC3CCC(C2)N3)c1C.Cc1ncccc1Oc1ncnc(OC2CC3CCC(C2)N3C(=O)Nc2ccccc2)c1C.[2H]CC. The minimum atomic E-state index is -0.0344. The molecule has 2 amide bonds. The molecule has 4 fully saturated rings. The Balaban J connectivity index is 0.000000219. The lowest BCUT2D eigenvalue weighted by atomic mass is 10.00. The normalized spacial score (nSPS) is 21.6. The van der Waals surface area contributed by atoms with E-state index in [0.717, 1.165) is 74.1 Å². The molecule has 63 heavy (non-hydrogen) atoms. The van der Waals surface area contributed by atoms with Crippen molar-refractivity contribution in [3.05, 3.63) is 102 Å². The van der Waals surface area contributed by atoms with Crippen LogP contribution < -0.4 is 29.6 Å². The van der Waals surface area contributed by atoms with E-state index < -0.39 is 0 Å². The second kappa shape index (κ2) is 23.9. The van der Waals surface area contributed by atoms with E-state index in [4.69, 9.17) is 20.3 Å². The summed E-state index contributed by atoms with van der Waals surface area (Å²) in [6.07, 6.45) is 14.8. The van der Waals surface area contributed by atoms with E-state index >= 15 is 0 Å². The number of para-hydroxylation sites is 1. The van der Waals surface area contributed by atoms with Gasteiger partial charge in [-0.1, -0.05) is 51.3 Å². The highest BCUT2D eigenvalue weighted by Gasteiger charge is 2.44. The van der Waals surface area contributed by atoms with Gasteiger partial charge in [-0.2, -0.15) is 0 Å². The molecule has 5 aromatic rings. The smallest absolute Gasteiger partial charge is 0.322 e. The summed E-state index contributed by atoms with van der Waals surface area (Å²) in [5.41, 5.74) is 4.00. The summed E-state index contributed by atoms with van der Waals surface area (Å²) in [7, 11) is 1.00. The maximum atomic E-state index is 12.9. The highest BCUT2D eigenvalue weighted by molar-refractivity contribution is 7.96. The maximum Gasteiger partial charge on any atom is 0.322 e. The third-order valence-electron chi connectivity index (χ3n) is 11.2. The summed E-state index contributed by atoms with van der Waals surface area (Å²) in [5.74, 6) is 3.47. The number of pyridine rings is 2. The van der Waals surface area contributed by atoms with Crippen LogP contribution in [0.4, 0.5) is 10.5 Å². The summed E-state index contributed by atoms with van der Waals surface area (Å²) in [5, 5.41) is 6.65. The number of urea groups is 1. The van der Waals surface area contributed by atoms with Crippen LogP contribution in [0.15, 0.2) is 79.6 Å². The first-order valence-corrected chi connectivity index (χ1v) is 23.5. The van der Waals surface area contributed by atoms with E-state index in [1.165, 1.54) is 25.5 Å². The van der Waals surface area contributed by atoms with Gasteiger partial charge in [0.15, 0.2) is 11.5 Å². The molecule has 0 spiro atoms. The van der Waals surface area contributed by atoms with Gasteiger partial charge in [-0.15, -0.1) is 0 Å². The number of amides is 2. The first-order chi connectivity index (χ1) is 30.6. The number of aromatic nitrogens is 6. The first kappa shape index (κ1) is 47.1. The Bertz CT molecular complexity index is 2240. The van der Waals surface area contributed by atoms with Crippen LogP contribution in [0.2, 0.25) is 0 Å². The lowest BCUT2D eigenvalue weighted by Crippen LogP contribution is -2.50. The Morgan fingerprint density at radius 1 is 0.714 bits per heavy atom. The quantitative estimate of drug-likeness (QED) is 0.135. The standard InChI is InChI=1S/C25H27N5O3.C18H22N4O2.C2H6.CH3PS.CH4/c1-16-23(27-15-28-24(16)33-22-9-6-12-26-17(22)2)32-21-13-19-10-11-20(14-21)30(19)25(31)29-18-7-4-3-5-8-18;1-11-17(23-15-8-13-5-6-14(9-15)22-13)20-10-21-18(11)24-16-4-3-7-19-12(16)2;1-2;1-2-3;/h3-9,12,15,19-21H,10-11,13-14H2,1-2H3,(H,29,31);3-4,7,10,13-15,22H,5-6,8-9H2,1-2H3;1-2H3;1H3;1H4/i;;1D;;. The van der Waals surface area contributed by atoms with Crippen molar-refractivity contribution in [3.63, 3.8) is 0 Å². The van der Waals surface area contributed by atoms with Crippen molar-refractivity contribution < 1.29 is 25.1 Å². The Morgan fingerprint density at radius 2 is 1.16 bits per heavy atom. The Kier molecular flexibility index (Phi) is 17.9. The van der Waals surface area contributed by atoms with Gasteiger partial charge in [-0.25, -0.2) is 24.7 Å². The molecule has 0 aliphatic carbocycles. The van der Waals surface area contributed by atoms with Gasteiger partial charge < -0.3 is 34.5 Å². The summed E-state index contributed by atoms with van der Waals surface area (Å²) in [6, 6.07) is 18.5. The number of benzene rings is 1. The third kappa shape index (κ3) is 12.9. The Hall–Kier alpha value is -5.37. The number of hydrogen-bond donors (Lipinski definition) is 2. The molecule has 4 aromatic heterocycles. The van der Waals surface area contributed by atoms with Gasteiger partial charge in [0.1, 0.15) is 24.9 Å². The van der Waals surface area contributed by atoms with Crippen LogP contribution in [0.25, 0.3) is 0 Å². The molecular formula is C47H62N9O5PS. The number of carbonyl (C=O) groups excluding carboxylic acids is 1. The Labute approximate surface area is 380 Å². The van der Waals surface area contributed by atoms with Gasteiger partial charge >= 0.3 is 6.03 Å². The van der Waals surface area contributed by atoms with Crippen LogP contribution in [0.1, 0.15) is 96.5 Å². The van der Waals surface area contributed by atoms with Crippen LogP contribution in [-0.2, 0) is 11.8 Å². The minimum Gasteiger partial charge on any atom is -0.474 e. The molecule has 9 rings (SSSR count). The molecule has 1 aromatic carbocycles. The highest BCUT2D eigenvalue weighted by atomic mass is 32.4. The third-order valence-corrected chi connectivity index (χ3v) is 11.2. The van der Waals surface area contributed by atoms with Crippen LogP contribution in [-0.4, -0.2) is 83.9 Å². The molecule has 4 unspecified atom stereocenters. The average molecular weight is 897 g/mol. The number of hydrogen-bond acceptors (Lipinski definition) is 13. The van der Waals surface area contributed by atoms with E-state index in [-0.39, 0.29) is 37.7 Å². The topological polar surface area (TPSA) is 159 Å². The number of piperidine rings is 2. The van der Waals surface area contributed by atoms with Gasteiger partial charge in [0.25, 0.3) is 0 Å². The van der Waals surface area contributed by atoms with Crippen molar-refractivity contribution in [2.45, 2.75) is 137 Å². The second-order valence-corrected chi connectivity index (χ2v) is 16.9. The summed E-state index contributed by atoms with van der Waals surface area (Å²) < 4.78 is 30.6. The predicted octanol–water partition coefficient (Wildman–Crippen LogP) is 10.5. The zero-order chi connectivity index (χ0) is 44.7. The van der Waals surface area contributed by atoms with Crippen LogP contribution in [0.5, 0.6) is 35.0 Å². The van der Waals surface area contributed by atoms with Crippen molar-refractivity contribution in [2.75, 3.05) is 12.0 Å². The second-order valence-electron chi connectivity index (χ2n) is 15.4. The number of nitrogens with one attached hydrogen (secondary N) is 2. The van der Waals surface area contributed by atoms with Gasteiger partial charge in [-0.3, -0.25) is 9.97 Å². The van der Waals surface area contributed by atoms with E-state index in [0.29, 0.717) is 54.0 Å². The minimum absolute atomic E-state index is 0. The maximum absolute atomic E-state index is 12.9. The fourth-order valence-corrected chi connectivity index (χ4v) is 8.33. The van der Waals surface area contributed by atoms with Crippen LogP contribution >= 0.6 is 7.36 Å². The lowest BCUT2D eigenvalue weighted by molar-refractivity contribution is 0.0696. The zero-order valence-electron chi connectivity index (χ0n) is 37.4. The molecule has 14 nitrogen and oxygen atoms in total. The van der Waals surface area contributed by atoms with Crippen molar-refractivity contribution in [1.82, 2.24) is 40.1 Å². The Morgan fingerprint density at radius 3 is 1.62 bits per heavy atom. The molecule has 0 saturated carbocycles. The molecule has 16 heteroatoms. The summed E-state index contributed by atoms with van der Waals surface area (Å²) in [6.45, 7) is 11.8. The summed E-state index contributed by atoms with van der Waals surface area (Å²) >= 11 is 4.37. The van der Waals surface area contributed by atoms with Gasteiger partial charge in [-0.05, 0) is 117 Å². The number of nitrogens with zero attached hydrogens (tertiary/aromatic N) is 7. The molecular weight excluding hydrogens is 834 g/mol. The molecule has 4 aliphatic rings. The van der Waals surface area contributed by atoms with E-state index in [1.807, 2.05) is 93.9 Å². The monoisotopic (exact) mass is 896 g/mol. The number of anilines is 1. The van der Waals surface area contributed by atoms with Crippen molar-refractivity contribution in [3.8, 4) is 35.0 Å². The van der Waals surface area contributed by atoms with Crippen LogP contribution in [0, 0.1) is 27.7 Å². The van der Waals surface area contributed by atoms with Crippen molar-refractivity contribution in [2.24, 2.45) is 0 Å². The molecule has 4 aliphatic heterocycles. The molecule has 4 atom stereocenters. The number of ether oxygens (including phenoxy) is 4. The highest BCUT2D eigenvalue weighted by Crippen LogP contribution is 2.39. The molecule has 4 bridgehead atoms. The molecule has 4 saturated heterocycles. The molecule has 2 N–H and O–H groups in total. The fraction of sp³-hybridized carbons (Fsp3) is 0.468. The molecule has 8 heterocycles. The van der Waals surface area contributed by atoms with E-state index in [2.05, 4.69) is 52.3 Å². The fourth-order valence-electron chi connectivity index (χ4n) is 8.33.